The Bertz CT molecular complexity index is 569. The summed E-state index contributed by atoms with van der Waals surface area (Å²) >= 11 is 1.88. The van der Waals surface area contributed by atoms with Crippen LogP contribution in [0.5, 0.6) is 0 Å². The van der Waals surface area contributed by atoms with Crippen LogP contribution in [-0.4, -0.2) is 0 Å². The zero-order valence-electron chi connectivity index (χ0n) is 19.1. The summed E-state index contributed by atoms with van der Waals surface area (Å²) in [7, 11) is 0. The van der Waals surface area contributed by atoms with E-state index in [0.717, 1.165) is 5.76 Å². The zero-order chi connectivity index (χ0) is 20.6. The van der Waals surface area contributed by atoms with E-state index in [-0.39, 0.29) is 21.7 Å². The standard InChI is InChI=1S/C12H20O.C12H20S/c2*1-11(2,3)9-7-8-13-10(9)12(4,5)6/h2*7-8H,1-6H3. The molecule has 0 aliphatic heterocycles. The molecule has 0 aliphatic rings. The van der Waals surface area contributed by atoms with Gasteiger partial charge in [0.25, 0.3) is 0 Å². The maximum atomic E-state index is 5.56. The van der Waals surface area contributed by atoms with E-state index < -0.39 is 0 Å². The van der Waals surface area contributed by atoms with Crippen molar-refractivity contribution in [3.05, 3.63) is 45.5 Å². The zero-order valence-corrected chi connectivity index (χ0v) is 19.9. The minimum Gasteiger partial charge on any atom is -0.468 e. The van der Waals surface area contributed by atoms with Gasteiger partial charge in [-0.25, -0.2) is 0 Å². The summed E-state index contributed by atoms with van der Waals surface area (Å²) in [6.07, 6.45) is 1.79. The first-order valence-corrected chi connectivity index (χ1v) is 10.5. The average Bonchev–Trinajstić information content (AvgIpc) is 3.06. The van der Waals surface area contributed by atoms with E-state index in [0.29, 0.717) is 0 Å². The molecule has 148 valence electrons. The topological polar surface area (TPSA) is 13.1 Å². The van der Waals surface area contributed by atoms with E-state index in [1.165, 1.54) is 16.0 Å². The molecule has 0 atom stereocenters. The normalized spacial score (nSPS) is 13.4. The van der Waals surface area contributed by atoms with Crippen LogP contribution in [0.15, 0.2) is 28.2 Å². The first-order valence-electron chi connectivity index (χ1n) is 9.62. The third kappa shape index (κ3) is 6.01. The van der Waals surface area contributed by atoms with Crippen molar-refractivity contribution in [2.45, 2.75) is 105 Å². The highest BCUT2D eigenvalue weighted by atomic mass is 32.1. The Morgan fingerprint density at radius 1 is 0.615 bits per heavy atom. The van der Waals surface area contributed by atoms with Gasteiger partial charge in [0, 0.05) is 10.3 Å². The van der Waals surface area contributed by atoms with Gasteiger partial charge in [-0.2, -0.15) is 0 Å². The molecule has 0 N–H and O–H groups in total. The molecule has 26 heavy (non-hydrogen) atoms. The van der Waals surface area contributed by atoms with Gasteiger partial charge < -0.3 is 4.42 Å². The smallest absolute Gasteiger partial charge is 0.112 e. The fourth-order valence-electron chi connectivity index (χ4n) is 2.96. The summed E-state index contributed by atoms with van der Waals surface area (Å²) in [5, 5.41) is 2.21. The van der Waals surface area contributed by atoms with E-state index >= 15 is 0 Å². The van der Waals surface area contributed by atoms with Gasteiger partial charge in [0.05, 0.1) is 6.26 Å². The molecule has 0 amide bonds. The molecule has 0 saturated heterocycles. The summed E-state index contributed by atoms with van der Waals surface area (Å²) in [5.74, 6) is 1.11. The molecule has 0 spiro atoms. The van der Waals surface area contributed by atoms with Crippen LogP contribution in [0.25, 0.3) is 0 Å². The second-order valence-corrected chi connectivity index (χ2v) is 12.2. The first-order chi connectivity index (χ1) is 11.5. The second-order valence-electron chi connectivity index (χ2n) is 11.3. The highest BCUT2D eigenvalue weighted by Crippen LogP contribution is 2.37. The Labute approximate surface area is 166 Å². The Balaban J connectivity index is 0.000000260. The van der Waals surface area contributed by atoms with Gasteiger partial charge in [0.2, 0.25) is 0 Å². The molecule has 0 aromatic carbocycles. The summed E-state index contributed by atoms with van der Waals surface area (Å²) in [6, 6.07) is 4.35. The monoisotopic (exact) mass is 376 g/mol. The van der Waals surface area contributed by atoms with Crippen molar-refractivity contribution in [1.82, 2.24) is 0 Å². The lowest BCUT2D eigenvalue weighted by Gasteiger charge is -2.26. The fraction of sp³-hybridized carbons (Fsp3) is 0.667. The van der Waals surface area contributed by atoms with Crippen molar-refractivity contribution in [3.8, 4) is 0 Å². The Kier molecular flexibility index (Phi) is 6.68. The highest BCUT2D eigenvalue weighted by Gasteiger charge is 2.28. The summed E-state index contributed by atoms with van der Waals surface area (Å²) in [4.78, 5) is 1.53. The maximum Gasteiger partial charge on any atom is 0.112 e. The number of hydrogen-bond acceptors (Lipinski definition) is 2. The minimum absolute atomic E-state index is 0.103. The number of rotatable bonds is 0. The predicted molar refractivity (Wildman–Crippen MR) is 118 cm³/mol. The number of furan rings is 1. The Morgan fingerprint density at radius 3 is 1.42 bits per heavy atom. The Hall–Kier alpha value is -1.02. The fourth-order valence-corrected chi connectivity index (χ4v) is 4.16. The molecule has 0 saturated carbocycles. The van der Waals surface area contributed by atoms with Crippen LogP contribution in [0.2, 0.25) is 0 Å². The molecule has 0 unspecified atom stereocenters. The average molecular weight is 377 g/mol. The molecule has 2 aromatic rings. The van der Waals surface area contributed by atoms with Crippen LogP contribution < -0.4 is 0 Å². The molecule has 0 radical (unpaired) electrons. The van der Waals surface area contributed by atoms with Gasteiger partial charge in [0.1, 0.15) is 5.76 Å². The third-order valence-electron chi connectivity index (χ3n) is 4.31. The van der Waals surface area contributed by atoms with Gasteiger partial charge in [-0.05, 0) is 44.9 Å². The van der Waals surface area contributed by atoms with Crippen LogP contribution in [-0.2, 0) is 21.7 Å². The molecule has 0 fully saturated rings. The molecule has 2 heterocycles. The maximum absolute atomic E-state index is 5.56. The van der Waals surface area contributed by atoms with Crippen molar-refractivity contribution >= 4 is 11.3 Å². The number of hydrogen-bond donors (Lipinski definition) is 0. The van der Waals surface area contributed by atoms with E-state index in [1.807, 2.05) is 11.3 Å². The van der Waals surface area contributed by atoms with Crippen LogP contribution in [0.1, 0.15) is 105 Å². The van der Waals surface area contributed by atoms with Gasteiger partial charge in [-0.1, -0.05) is 83.1 Å². The molecule has 2 aromatic heterocycles. The molecule has 1 nitrogen and oxygen atoms in total. The molecule has 2 rings (SSSR count). The molecule has 0 aliphatic carbocycles. The van der Waals surface area contributed by atoms with Crippen molar-refractivity contribution in [3.63, 3.8) is 0 Å². The van der Waals surface area contributed by atoms with Crippen LogP contribution in [0, 0.1) is 0 Å². The van der Waals surface area contributed by atoms with Crippen molar-refractivity contribution in [2.75, 3.05) is 0 Å². The highest BCUT2D eigenvalue weighted by molar-refractivity contribution is 7.10. The second kappa shape index (κ2) is 7.54. The van der Waals surface area contributed by atoms with E-state index in [2.05, 4.69) is 101 Å². The predicted octanol–water partition coefficient (Wildman–Crippen LogP) is 8.22. The largest absolute Gasteiger partial charge is 0.468 e. The first kappa shape index (κ1) is 23.0. The number of thiophene rings is 1. The van der Waals surface area contributed by atoms with Crippen molar-refractivity contribution in [2.24, 2.45) is 0 Å². The SMILES string of the molecule is CC(C)(C)c1ccoc1C(C)(C)C.CC(C)(C)c1ccsc1C(C)(C)C. The van der Waals surface area contributed by atoms with Gasteiger partial charge >= 0.3 is 0 Å². The molecular formula is C24H40OS. The lowest BCUT2D eigenvalue weighted by molar-refractivity contribution is 0.392. The lowest BCUT2D eigenvalue weighted by Crippen LogP contribution is -2.19. The molecule has 2 heteroatoms. The summed E-state index contributed by atoms with van der Waals surface area (Å²) in [5.41, 5.74) is 3.67. The minimum atomic E-state index is 0.103. The lowest BCUT2D eigenvalue weighted by atomic mass is 9.80. The van der Waals surface area contributed by atoms with E-state index in [9.17, 15) is 0 Å². The molecule has 0 bridgehead atoms. The molecular weight excluding hydrogens is 336 g/mol. The quantitative estimate of drug-likeness (QED) is 0.451. The van der Waals surface area contributed by atoms with Gasteiger partial charge in [-0.3, -0.25) is 0 Å². The van der Waals surface area contributed by atoms with Gasteiger partial charge in [0.15, 0.2) is 0 Å². The summed E-state index contributed by atoms with van der Waals surface area (Å²) in [6.45, 7) is 26.9. The summed E-state index contributed by atoms with van der Waals surface area (Å²) < 4.78 is 5.56. The van der Waals surface area contributed by atoms with Crippen LogP contribution >= 0.6 is 11.3 Å². The van der Waals surface area contributed by atoms with E-state index in [1.54, 1.807) is 6.26 Å². The third-order valence-corrected chi connectivity index (χ3v) is 5.65. The van der Waals surface area contributed by atoms with Crippen LogP contribution in [0.4, 0.5) is 0 Å². The van der Waals surface area contributed by atoms with Gasteiger partial charge in [-0.15, -0.1) is 11.3 Å². The van der Waals surface area contributed by atoms with Crippen molar-refractivity contribution < 1.29 is 4.42 Å². The van der Waals surface area contributed by atoms with Crippen molar-refractivity contribution in [1.29, 1.82) is 0 Å². The Morgan fingerprint density at radius 2 is 1.12 bits per heavy atom. The van der Waals surface area contributed by atoms with Crippen LogP contribution in [0.3, 0.4) is 0 Å². The van der Waals surface area contributed by atoms with E-state index in [4.69, 9.17) is 4.42 Å².